The third-order valence-corrected chi connectivity index (χ3v) is 3.24. The van der Waals surface area contributed by atoms with Gasteiger partial charge in [0.15, 0.2) is 0 Å². The van der Waals surface area contributed by atoms with Crippen LogP contribution in [0, 0.1) is 0 Å². The predicted molar refractivity (Wildman–Crippen MR) is 69.4 cm³/mol. The second-order valence-electron chi connectivity index (χ2n) is 4.62. The number of hydrogen-bond donors (Lipinski definition) is 0. The van der Waals surface area contributed by atoms with Crippen LogP contribution in [0.25, 0.3) is 0 Å². The van der Waals surface area contributed by atoms with Crippen molar-refractivity contribution in [2.45, 2.75) is 45.3 Å². The van der Waals surface area contributed by atoms with E-state index >= 15 is 0 Å². The molecule has 19 heavy (non-hydrogen) atoms. The number of hydrogen-bond acceptors (Lipinski definition) is 4. The van der Waals surface area contributed by atoms with Gasteiger partial charge in [-0.3, -0.25) is 4.79 Å². The number of cyclic esters (lactones) is 1. The summed E-state index contributed by atoms with van der Waals surface area (Å²) < 4.78 is 10.9. The number of carbonyl (C=O) groups excluding carboxylic acids is 2. The predicted octanol–water partition coefficient (Wildman–Crippen LogP) is 3.15. The van der Waals surface area contributed by atoms with Crippen LogP contribution in [0.1, 0.15) is 55.5 Å². The Morgan fingerprint density at radius 2 is 2.05 bits per heavy atom. The van der Waals surface area contributed by atoms with Crippen LogP contribution >= 0.6 is 0 Å². The Bertz CT molecular complexity index is 495. The fourth-order valence-electron chi connectivity index (χ4n) is 2.23. The first-order valence-electron chi connectivity index (χ1n) is 6.67. The van der Waals surface area contributed by atoms with Gasteiger partial charge in [0, 0.05) is 12.8 Å². The lowest BCUT2D eigenvalue weighted by atomic mass is 9.97. The van der Waals surface area contributed by atoms with Gasteiger partial charge in [-0.05, 0) is 12.5 Å². The third kappa shape index (κ3) is 2.48. The summed E-state index contributed by atoms with van der Waals surface area (Å²) in [6.07, 6.45) is 2.51. The highest BCUT2D eigenvalue weighted by Crippen LogP contribution is 2.41. The van der Waals surface area contributed by atoms with Crippen LogP contribution in [0.2, 0.25) is 0 Å². The monoisotopic (exact) mass is 262 g/mol. The SMILES string of the molecule is CCCCC1(OC(=O)CC)OC(=O)c2ccccc21. The molecule has 102 valence electrons. The van der Waals surface area contributed by atoms with E-state index in [1.54, 1.807) is 25.1 Å². The molecule has 0 aliphatic carbocycles. The summed E-state index contributed by atoms with van der Waals surface area (Å²) in [5.41, 5.74) is 1.15. The number of fused-ring (bicyclic) bond motifs is 1. The summed E-state index contributed by atoms with van der Waals surface area (Å²) >= 11 is 0. The third-order valence-electron chi connectivity index (χ3n) is 3.24. The molecule has 0 aromatic heterocycles. The molecular weight excluding hydrogens is 244 g/mol. The maximum Gasteiger partial charge on any atom is 0.342 e. The Morgan fingerprint density at radius 1 is 1.32 bits per heavy atom. The molecule has 0 radical (unpaired) electrons. The Kier molecular flexibility index (Phi) is 3.88. The zero-order valence-corrected chi connectivity index (χ0v) is 11.3. The van der Waals surface area contributed by atoms with E-state index in [0.29, 0.717) is 17.5 Å². The van der Waals surface area contributed by atoms with Crippen molar-refractivity contribution in [3.8, 4) is 0 Å². The van der Waals surface area contributed by atoms with Crippen LogP contribution in [0.15, 0.2) is 24.3 Å². The first kappa shape index (κ1) is 13.6. The summed E-state index contributed by atoms with van der Waals surface area (Å²) in [5.74, 6) is -2.01. The van der Waals surface area contributed by atoms with Crippen LogP contribution in [0.5, 0.6) is 0 Å². The molecule has 0 amide bonds. The van der Waals surface area contributed by atoms with Gasteiger partial charge in [-0.25, -0.2) is 4.79 Å². The molecular formula is C15H18O4. The lowest BCUT2D eigenvalue weighted by molar-refractivity contribution is -0.213. The van der Waals surface area contributed by atoms with Crippen molar-refractivity contribution < 1.29 is 19.1 Å². The molecule has 2 rings (SSSR count). The van der Waals surface area contributed by atoms with Crippen molar-refractivity contribution in [1.29, 1.82) is 0 Å². The van der Waals surface area contributed by atoms with Gasteiger partial charge in [-0.2, -0.15) is 0 Å². The lowest BCUT2D eigenvalue weighted by Gasteiger charge is -2.28. The van der Waals surface area contributed by atoms with E-state index in [1.807, 2.05) is 13.0 Å². The fourth-order valence-corrected chi connectivity index (χ4v) is 2.23. The number of benzene rings is 1. The standard InChI is InChI=1S/C15H18O4/c1-3-5-10-15(18-13(16)4-2)12-9-7-6-8-11(12)14(17)19-15/h6-9H,3-5,10H2,1-2H3. The van der Waals surface area contributed by atoms with Crippen molar-refractivity contribution in [2.75, 3.05) is 0 Å². The molecule has 1 unspecified atom stereocenters. The summed E-state index contributed by atoms with van der Waals surface area (Å²) in [7, 11) is 0. The van der Waals surface area contributed by atoms with Crippen LogP contribution in [-0.4, -0.2) is 11.9 Å². The number of carbonyl (C=O) groups is 2. The number of esters is 2. The first-order valence-corrected chi connectivity index (χ1v) is 6.67. The maximum atomic E-state index is 11.9. The van der Waals surface area contributed by atoms with Crippen molar-refractivity contribution >= 4 is 11.9 Å². The van der Waals surface area contributed by atoms with Gasteiger partial charge in [0.1, 0.15) is 0 Å². The minimum absolute atomic E-state index is 0.258. The molecule has 0 fully saturated rings. The van der Waals surface area contributed by atoms with Crippen molar-refractivity contribution in [3.05, 3.63) is 35.4 Å². The molecule has 1 atom stereocenters. The van der Waals surface area contributed by atoms with Gasteiger partial charge < -0.3 is 9.47 Å². The highest BCUT2D eigenvalue weighted by molar-refractivity contribution is 5.94. The summed E-state index contributed by atoms with van der Waals surface area (Å²) in [6.45, 7) is 3.76. The Morgan fingerprint density at radius 3 is 2.74 bits per heavy atom. The van der Waals surface area contributed by atoms with Gasteiger partial charge in [0.05, 0.1) is 11.1 Å². The highest BCUT2D eigenvalue weighted by Gasteiger charge is 2.48. The average Bonchev–Trinajstić information content (AvgIpc) is 2.70. The van der Waals surface area contributed by atoms with Gasteiger partial charge in [-0.15, -0.1) is 0 Å². The second kappa shape index (κ2) is 5.43. The molecule has 1 aliphatic rings. The lowest BCUT2D eigenvalue weighted by Crippen LogP contribution is -2.32. The summed E-state index contributed by atoms with van der Waals surface area (Å²) in [6, 6.07) is 7.09. The zero-order chi connectivity index (χ0) is 13.9. The minimum Gasteiger partial charge on any atom is -0.418 e. The van der Waals surface area contributed by atoms with E-state index in [-0.39, 0.29) is 12.4 Å². The van der Waals surface area contributed by atoms with Gasteiger partial charge >= 0.3 is 11.9 Å². The van der Waals surface area contributed by atoms with Crippen molar-refractivity contribution in [2.24, 2.45) is 0 Å². The number of ether oxygens (including phenoxy) is 2. The van der Waals surface area contributed by atoms with Crippen LogP contribution in [0.4, 0.5) is 0 Å². The van der Waals surface area contributed by atoms with Crippen LogP contribution in [0.3, 0.4) is 0 Å². The quantitative estimate of drug-likeness (QED) is 0.765. The van der Waals surface area contributed by atoms with E-state index < -0.39 is 11.8 Å². The Labute approximate surface area is 112 Å². The Balaban J connectivity index is 2.39. The van der Waals surface area contributed by atoms with Gasteiger partial charge in [0.25, 0.3) is 5.79 Å². The van der Waals surface area contributed by atoms with Gasteiger partial charge in [0.2, 0.25) is 0 Å². The van der Waals surface area contributed by atoms with Crippen molar-refractivity contribution in [1.82, 2.24) is 0 Å². The fraction of sp³-hybridized carbons (Fsp3) is 0.467. The van der Waals surface area contributed by atoms with E-state index in [2.05, 4.69) is 0 Å². The highest BCUT2D eigenvalue weighted by atomic mass is 16.7. The average molecular weight is 262 g/mol. The van der Waals surface area contributed by atoms with E-state index in [1.165, 1.54) is 0 Å². The molecule has 0 N–H and O–H groups in total. The maximum absolute atomic E-state index is 11.9. The molecule has 4 heteroatoms. The molecule has 0 bridgehead atoms. The normalized spacial score (nSPS) is 20.8. The van der Waals surface area contributed by atoms with Crippen LogP contribution < -0.4 is 0 Å². The number of unbranched alkanes of at least 4 members (excludes halogenated alkanes) is 1. The number of rotatable bonds is 5. The molecule has 1 heterocycles. The smallest absolute Gasteiger partial charge is 0.342 e. The second-order valence-corrected chi connectivity index (χ2v) is 4.62. The minimum atomic E-state index is -1.23. The van der Waals surface area contributed by atoms with Gasteiger partial charge in [-0.1, -0.05) is 38.5 Å². The van der Waals surface area contributed by atoms with Crippen LogP contribution in [-0.2, 0) is 20.1 Å². The molecule has 1 aromatic carbocycles. The molecule has 0 saturated heterocycles. The first-order chi connectivity index (χ1) is 9.13. The van der Waals surface area contributed by atoms with E-state index in [9.17, 15) is 9.59 Å². The topological polar surface area (TPSA) is 52.6 Å². The zero-order valence-electron chi connectivity index (χ0n) is 11.3. The molecule has 0 spiro atoms. The molecule has 4 nitrogen and oxygen atoms in total. The summed E-state index contributed by atoms with van der Waals surface area (Å²) in [5, 5.41) is 0. The van der Waals surface area contributed by atoms with Crippen molar-refractivity contribution in [3.63, 3.8) is 0 Å². The Hall–Kier alpha value is -1.84. The van der Waals surface area contributed by atoms with E-state index in [4.69, 9.17) is 9.47 Å². The largest absolute Gasteiger partial charge is 0.418 e. The molecule has 0 saturated carbocycles. The molecule has 1 aromatic rings. The van der Waals surface area contributed by atoms with E-state index in [0.717, 1.165) is 12.8 Å². The summed E-state index contributed by atoms with van der Waals surface area (Å²) in [4.78, 5) is 23.5. The molecule has 1 aliphatic heterocycles.